The van der Waals surface area contributed by atoms with Crippen molar-refractivity contribution in [2.45, 2.75) is 25.3 Å². The largest absolute Gasteiger partial charge is 0.338 e. The van der Waals surface area contributed by atoms with Crippen molar-refractivity contribution in [1.29, 1.82) is 0 Å². The number of piperidine rings is 1. The molecular formula is C17H24ClN3O3S. The third-order valence-corrected chi connectivity index (χ3v) is 7.14. The lowest BCUT2D eigenvalue weighted by molar-refractivity contribution is -0.134. The van der Waals surface area contributed by atoms with Crippen molar-refractivity contribution < 1.29 is 13.2 Å². The molecule has 25 heavy (non-hydrogen) atoms. The Morgan fingerprint density at radius 3 is 2.68 bits per heavy atom. The van der Waals surface area contributed by atoms with E-state index in [0.717, 1.165) is 18.4 Å². The predicted octanol–water partition coefficient (Wildman–Crippen LogP) is 1.61. The van der Waals surface area contributed by atoms with E-state index in [1.165, 1.54) is 8.61 Å². The van der Waals surface area contributed by atoms with Gasteiger partial charge in [0, 0.05) is 44.8 Å². The van der Waals surface area contributed by atoms with Gasteiger partial charge in [-0.2, -0.15) is 17.0 Å². The molecule has 3 aliphatic rings. The standard InChI is InChI=1S/C17H24ClN3O3S/c1-19(2)25(23,24)20-10-14-6-7-16(12-20)21(11-14)17(22)9-13-4-3-5-15(18)8-13/h3-5,8,14,16H,6-7,9-12H2,1-2H3/t14-,16+/m0/s1. The molecule has 3 heterocycles. The molecule has 1 aromatic carbocycles. The van der Waals surface area contributed by atoms with Gasteiger partial charge in [-0.3, -0.25) is 4.79 Å². The number of nitrogens with zero attached hydrogens (tertiary/aromatic N) is 3. The molecule has 8 heteroatoms. The number of hydrogen-bond donors (Lipinski definition) is 0. The van der Waals surface area contributed by atoms with Crippen LogP contribution in [0.15, 0.2) is 24.3 Å². The maximum atomic E-state index is 12.8. The van der Waals surface area contributed by atoms with Crippen LogP contribution in [0.1, 0.15) is 18.4 Å². The predicted molar refractivity (Wildman–Crippen MR) is 97.6 cm³/mol. The number of halogens is 1. The molecule has 1 aromatic rings. The minimum Gasteiger partial charge on any atom is -0.338 e. The summed E-state index contributed by atoms with van der Waals surface area (Å²) >= 11 is 6.00. The van der Waals surface area contributed by atoms with Gasteiger partial charge in [0.2, 0.25) is 5.91 Å². The highest BCUT2D eigenvalue weighted by Crippen LogP contribution is 2.30. The number of rotatable bonds is 4. The SMILES string of the molecule is CN(C)S(=O)(=O)N1C[C@@H]2CC[C@H](C1)N(C(=O)Cc1cccc(Cl)c1)C2. The highest BCUT2D eigenvalue weighted by Gasteiger charge is 2.41. The Morgan fingerprint density at radius 1 is 1.24 bits per heavy atom. The number of benzene rings is 1. The Balaban J connectivity index is 1.75. The van der Waals surface area contributed by atoms with Crippen molar-refractivity contribution in [1.82, 2.24) is 13.5 Å². The van der Waals surface area contributed by atoms with E-state index in [9.17, 15) is 13.2 Å². The topological polar surface area (TPSA) is 60.9 Å². The van der Waals surface area contributed by atoms with Crippen LogP contribution in [0.3, 0.4) is 0 Å². The zero-order valence-corrected chi connectivity index (χ0v) is 16.1. The van der Waals surface area contributed by atoms with Gasteiger partial charge in [-0.25, -0.2) is 0 Å². The van der Waals surface area contributed by atoms with Crippen LogP contribution >= 0.6 is 11.6 Å². The number of amides is 1. The summed E-state index contributed by atoms with van der Waals surface area (Å²) in [5, 5.41) is 0.617. The summed E-state index contributed by atoms with van der Waals surface area (Å²) in [4.78, 5) is 14.7. The summed E-state index contributed by atoms with van der Waals surface area (Å²) in [6, 6.07) is 7.26. The molecule has 0 unspecified atom stereocenters. The first-order chi connectivity index (χ1) is 11.8. The average molecular weight is 386 g/mol. The lowest BCUT2D eigenvalue weighted by Crippen LogP contribution is -2.49. The van der Waals surface area contributed by atoms with Crippen LogP contribution in [0.2, 0.25) is 5.02 Å². The summed E-state index contributed by atoms with van der Waals surface area (Å²) in [6.07, 6.45) is 2.11. The van der Waals surface area contributed by atoms with Gasteiger partial charge in [0.25, 0.3) is 10.2 Å². The smallest absolute Gasteiger partial charge is 0.281 e. The fourth-order valence-corrected chi connectivity index (χ4v) is 5.12. The first kappa shape index (κ1) is 18.6. The van der Waals surface area contributed by atoms with Crippen LogP contribution in [0, 0.1) is 5.92 Å². The van der Waals surface area contributed by atoms with Gasteiger partial charge in [0.05, 0.1) is 6.42 Å². The highest BCUT2D eigenvalue weighted by atomic mass is 35.5. The Bertz CT molecular complexity index is 753. The Labute approximate surface area is 154 Å². The molecule has 4 rings (SSSR count). The molecule has 0 spiro atoms. The van der Waals surface area contributed by atoms with Crippen molar-refractivity contribution >= 4 is 27.7 Å². The van der Waals surface area contributed by atoms with E-state index in [1.54, 1.807) is 26.2 Å². The molecule has 0 aromatic heterocycles. The third-order valence-electron chi connectivity index (χ3n) is 5.03. The van der Waals surface area contributed by atoms with Gasteiger partial charge < -0.3 is 4.90 Å². The maximum Gasteiger partial charge on any atom is 0.281 e. The Morgan fingerprint density at radius 2 is 2.00 bits per heavy atom. The summed E-state index contributed by atoms with van der Waals surface area (Å²) < 4.78 is 27.8. The lowest BCUT2D eigenvalue weighted by Gasteiger charge is -2.36. The van der Waals surface area contributed by atoms with Crippen molar-refractivity contribution in [3.8, 4) is 0 Å². The van der Waals surface area contributed by atoms with E-state index < -0.39 is 10.2 Å². The van der Waals surface area contributed by atoms with Crippen LogP contribution in [0.5, 0.6) is 0 Å². The molecule has 3 fully saturated rings. The monoisotopic (exact) mass is 385 g/mol. The second kappa shape index (κ2) is 7.23. The summed E-state index contributed by atoms with van der Waals surface area (Å²) in [5.41, 5.74) is 0.885. The fraction of sp³-hybridized carbons (Fsp3) is 0.588. The molecule has 2 atom stereocenters. The third kappa shape index (κ3) is 4.00. The second-order valence-corrected chi connectivity index (χ2v) is 9.64. The van der Waals surface area contributed by atoms with Crippen LogP contribution in [0.4, 0.5) is 0 Å². The van der Waals surface area contributed by atoms with Gasteiger partial charge in [-0.15, -0.1) is 0 Å². The summed E-state index contributed by atoms with van der Waals surface area (Å²) in [5.74, 6) is 0.234. The van der Waals surface area contributed by atoms with Crippen molar-refractivity contribution in [2.24, 2.45) is 5.92 Å². The quantitative estimate of drug-likeness (QED) is 0.791. The summed E-state index contributed by atoms with van der Waals surface area (Å²) in [7, 11) is -0.360. The van der Waals surface area contributed by atoms with Crippen molar-refractivity contribution in [3.63, 3.8) is 0 Å². The first-order valence-electron chi connectivity index (χ1n) is 8.49. The van der Waals surface area contributed by atoms with Gasteiger partial charge in [0.15, 0.2) is 0 Å². The Kier molecular flexibility index (Phi) is 5.39. The number of carbonyl (C=O) groups excluding carboxylic acids is 1. The van der Waals surface area contributed by atoms with Gasteiger partial charge in [-0.05, 0) is 36.5 Å². The molecule has 0 aliphatic carbocycles. The molecule has 0 N–H and O–H groups in total. The van der Waals surface area contributed by atoms with Crippen molar-refractivity contribution in [2.75, 3.05) is 33.7 Å². The average Bonchev–Trinajstić information content (AvgIpc) is 2.87. The zero-order chi connectivity index (χ0) is 18.2. The van der Waals surface area contributed by atoms with Crippen LogP contribution < -0.4 is 0 Å². The molecule has 3 aliphatic heterocycles. The van der Waals surface area contributed by atoms with E-state index in [0.29, 0.717) is 31.1 Å². The van der Waals surface area contributed by atoms with E-state index in [1.807, 2.05) is 17.0 Å². The van der Waals surface area contributed by atoms with Crippen LogP contribution in [-0.4, -0.2) is 67.6 Å². The van der Waals surface area contributed by atoms with E-state index in [4.69, 9.17) is 11.6 Å². The summed E-state index contributed by atoms with van der Waals surface area (Å²) in [6.45, 7) is 1.49. The molecule has 0 radical (unpaired) electrons. The van der Waals surface area contributed by atoms with Gasteiger partial charge in [-0.1, -0.05) is 23.7 Å². The van der Waals surface area contributed by atoms with E-state index in [-0.39, 0.29) is 17.9 Å². The normalized spacial score (nSPS) is 24.6. The Hall–Kier alpha value is -1.15. The molecule has 2 bridgehead atoms. The lowest BCUT2D eigenvalue weighted by atomic mass is 9.94. The van der Waals surface area contributed by atoms with Crippen LogP contribution in [0.25, 0.3) is 0 Å². The highest BCUT2D eigenvalue weighted by molar-refractivity contribution is 7.86. The molecule has 138 valence electrons. The van der Waals surface area contributed by atoms with E-state index >= 15 is 0 Å². The maximum absolute atomic E-state index is 12.8. The second-order valence-electron chi connectivity index (χ2n) is 7.06. The fourth-order valence-electron chi connectivity index (χ4n) is 3.69. The molecule has 3 saturated heterocycles. The minimum absolute atomic E-state index is 0.0427. The van der Waals surface area contributed by atoms with Crippen molar-refractivity contribution in [3.05, 3.63) is 34.9 Å². The molecule has 0 saturated carbocycles. The zero-order valence-electron chi connectivity index (χ0n) is 14.6. The van der Waals surface area contributed by atoms with Gasteiger partial charge >= 0.3 is 0 Å². The number of hydrogen-bond acceptors (Lipinski definition) is 3. The molecule has 6 nitrogen and oxygen atoms in total. The van der Waals surface area contributed by atoms with Crippen LogP contribution in [-0.2, 0) is 21.4 Å². The molecular weight excluding hydrogens is 362 g/mol. The molecule has 1 amide bonds. The minimum atomic E-state index is -3.45. The van der Waals surface area contributed by atoms with E-state index in [2.05, 4.69) is 0 Å². The number of fused-ring (bicyclic) bond motifs is 4. The van der Waals surface area contributed by atoms with Gasteiger partial charge in [0.1, 0.15) is 0 Å². The number of carbonyl (C=O) groups is 1. The first-order valence-corrected chi connectivity index (χ1v) is 10.3.